The van der Waals surface area contributed by atoms with E-state index in [4.69, 9.17) is 10.2 Å². The van der Waals surface area contributed by atoms with E-state index in [0.717, 1.165) is 5.56 Å². The maximum Gasteiger partial charge on any atom is 0.347 e. The van der Waals surface area contributed by atoms with Crippen molar-refractivity contribution in [1.29, 1.82) is 0 Å². The van der Waals surface area contributed by atoms with Crippen LogP contribution < -0.4 is 0 Å². The second-order valence-electron chi connectivity index (χ2n) is 3.13. The van der Waals surface area contributed by atoms with Gasteiger partial charge in [0.1, 0.15) is 0 Å². The highest BCUT2D eigenvalue weighted by atomic mass is 19.2. The monoisotopic (exact) mass is 202 g/mol. The zero-order chi connectivity index (χ0) is 10.6. The van der Waals surface area contributed by atoms with E-state index in [-0.39, 0.29) is 12.8 Å². The summed E-state index contributed by atoms with van der Waals surface area (Å²) in [5.74, 6) is 0. The Hall–Kier alpha value is -1.00. The van der Waals surface area contributed by atoms with Gasteiger partial charge < -0.3 is 10.2 Å². The number of aryl methyl sites for hydroxylation is 1. The maximum atomic E-state index is 12.7. The third kappa shape index (κ3) is 3.40. The van der Waals surface area contributed by atoms with Crippen LogP contribution >= 0.6 is 0 Å². The van der Waals surface area contributed by atoms with Crippen molar-refractivity contribution >= 4 is 0 Å². The number of rotatable bonds is 4. The van der Waals surface area contributed by atoms with Crippen molar-refractivity contribution in [2.24, 2.45) is 0 Å². The summed E-state index contributed by atoms with van der Waals surface area (Å²) in [4.78, 5) is 0. The van der Waals surface area contributed by atoms with Gasteiger partial charge in [-0.2, -0.15) is 4.39 Å². The van der Waals surface area contributed by atoms with E-state index in [9.17, 15) is 8.78 Å². The van der Waals surface area contributed by atoms with Gasteiger partial charge in [0.15, 0.2) is 6.17 Å². The molecule has 1 aromatic carbocycles. The third-order valence-electron chi connectivity index (χ3n) is 1.93. The predicted molar refractivity (Wildman–Crippen MR) is 47.9 cm³/mol. The Kier molecular flexibility index (Phi) is 3.55. The van der Waals surface area contributed by atoms with Gasteiger partial charge >= 0.3 is 6.04 Å². The van der Waals surface area contributed by atoms with Crippen LogP contribution in [0.15, 0.2) is 30.3 Å². The number of hydrogen-bond donors (Lipinski definition) is 2. The Morgan fingerprint density at radius 2 is 1.79 bits per heavy atom. The van der Waals surface area contributed by atoms with E-state index in [1.165, 1.54) is 0 Å². The Bertz CT molecular complexity index is 269. The number of halogens is 2. The molecule has 14 heavy (non-hydrogen) atoms. The molecule has 0 amide bonds. The van der Waals surface area contributed by atoms with Gasteiger partial charge in [-0.25, -0.2) is 4.39 Å². The first-order chi connectivity index (χ1) is 6.50. The van der Waals surface area contributed by atoms with Gasteiger partial charge in [-0.3, -0.25) is 0 Å². The molecule has 0 aliphatic heterocycles. The average molecular weight is 202 g/mol. The molecule has 0 spiro atoms. The summed E-state index contributed by atoms with van der Waals surface area (Å²) >= 11 is 0. The van der Waals surface area contributed by atoms with Gasteiger partial charge in [-0.1, -0.05) is 30.3 Å². The van der Waals surface area contributed by atoms with E-state index in [1.807, 2.05) is 6.07 Å². The summed E-state index contributed by atoms with van der Waals surface area (Å²) in [6.07, 6.45) is -2.26. The van der Waals surface area contributed by atoms with Crippen LogP contribution in [0.1, 0.15) is 12.0 Å². The third-order valence-corrected chi connectivity index (χ3v) is 1.93. The molecular weight excluding hydrogens is 190 g/mol. The van der Waals surface area contributed by atoms with Gasteiger partial charge in [-0.05, 0) is 18.4 Å². The normalized spacial score (nSPS) is 14.0. The van der Waals surface area contributed by atoms with Crippen LogP contribution in [0.25, 0.3) is 0 Å². The quantitative estimate of drug-likeness (QED) is 0.727. The molecular formula is C10H12F2O2. The van der Waals surface area contributed by atoms with Crippen LogP contribution in [0, 0.1) is 0 Å². The second-order valence-corrected chi connectivity index (χ2v) is 3.13. The second kappa shape index (κ2) is 4.48. The number of benzene rings is 1. The topological polar surface area (TPSA) is 40.5 Å². The summed E-state index contributed by atoms with van der Waals surface area (Å²) in [5.41, 5.74) is 0.833. The first-order valence-corrected chi connectivity index (χ1v) is 4.32. The Morgan fingerprint density at radius 1 is 1.21 bits per heavy atom. The maximum absolute atomic E-state index is 12.7. The highest BCUT2D eigenvalue weighted by molar-refractivity contribution is 5.14. The molecule has 0 saturated carbocycles. The highest BCUT2D eigenvalue weighted by Gasteiger charge is 2.34. The molecule has 1 rings (SSSR count). The molecule has 2 nitrogen and oxygen atoms in total. The van der Waals surface area contributed by atoms with Gasteiger partial charge in [0.2, 0.25) is 0 Å². The Morgan fingerprint density at radius 3 is 2.29 bits per heavy atom. The molecule has 0 heterocycles. The molecule has 0 bridgehead atoms. The van der Waals surface area contributed by atoms with Crippen LogP contribution in [0.3, 0.4) is 0 Å². The van der Waals surface area contributed by atoms with Gasteiger partial charge in [0.25, 0.3) is 0 Å². The Labute approximate surface area is 80.8 Å². The first-order valence-electron chi connectivity index (χ1n) is 4.32. The molecule has 1 unspecified atom stereocenters. The highest BCUT2D eigenvalue weighted by Crippen LogP contribution is 2.17. The smallest absolute Gasteiger partial charge is 0.338 e. The zero-order valence-corrected chi connectivity index (χ0v) is 7.53. The SMILES string of the molecule is OC(O)(F)C(F)CCc1ccccc1. The van der Waals surface area contributed by atoms with Gasteiger partial charge in [-0.15, -0.1) is 0 Å². The van der Waals surface area contributed by atoms with Gasteiger partial charge in [0.05, 0.1) is 0 Å². The fourth-order valence-corrected chi connectivity index (χ4v) is 1.12. The van der Waals surface area contributed by atoms with Crippen molar-refractivity contribution in [1.82, 2.24) is 0 Å². The van der Waals surface area contributed by atoms with Crippen molar-refractivity contribution in [2.75, 3.05) is 0 Å². The molecule has 0 radical (unpaired) electrons. The van der Waals surface area contributed by atoms with Crippen LogP contribution in [-0.4, -0.2) is 22.4 Å². The molecule has 0 aliphatic rings. The van der Waals surface area contributed by atoms with E-state index in [2.05, 4.69) is 0 Å². The van der Waals surface area contributed by atoms with Crippen LogP contribution in [0.5, 0.6) is 0 Å². The van der Waals surface area contributed by atoms with E-state index in [1.54, 1.807) is 24.3 Å². The molecule has 0 aliphatic carbocycles. The zero-order valence-electron chi connectivity index (χ0n) is 7.53. The lowest BCUT2D eigenvalue weighted by Gasteiger charge is -2.16. The fraction of sp³-hybridized carbons (Fsp3) is 0.400. The summed E-state index contributed by atoms with van der Waals surface area (Å²) in [5, 5.41) is 16.6. The number of aliphatic hydroxyl groups is 2. The first kappa shape index (κ1) is 11.1. The summed E-state index contributed by atoms with van der Waals surface area (Å²) in [6.45, 7) is 0. The van der Waals surface area contributed by atoms with E-state index in [0.29, 0.717) is 0 Å². The minimum Gasteiger partial charge on any atom is -0.338 e. The molecule has 0 fully saturated rings. The predicted octanol–water partition coefficient (Wildman–Crippen LogP) is 1.57. The molecule has 1 atom stereocenters. The average Bonchev–Trinajstić information content (AvgIpc) is 2.14. The standard InChI is InChI=1S/C10H12F2O2/c11-9(10(12,13)14)7-6-8-4-2-1-3-5-8/h1-5,9,13-14H,6-7H2. The largest absolute Gasteiger partial charge is 0.347 e. The molecule has 78 valence electrons. The summed E-state index contributed by atoms with van der Waals surface area (Å²) in [7, 11) is 0. The van der Waals surface area contributed by atoms with Crippen molar-refractivity contribution in [2.45, 2.75) is 25.1 Å². The van der Waals surface area contributed by atoms with Crippen molar-refractivity contribution in [3.63, 3.8) is 0 Å². The number of hydrogen-bond acceptors (Lipinski definition) is 2. The van der Waals surface area contributed by atoms with E-state index >= 15 is 0 Å². The summed E-state index contributed by atoms with van der Waals surface area (Å²) < 4.78 is 24.9. The molecule has 0 saturated heterocycles. The minimum absolute atomic E-state index is 0.256. The lowest BCUT2D eigenvalue weighted by molar-refractivity contribution is -0.294. The molecule has 2 N–H and O–H groups in total. The lowest BCUT2D eigenvalue weighted by atomic mass is 10.1. The van der Waals surface area contributed by atoms with Crippen LogP contribution in [-0.2, 0) is 6.42 Å². The van der Waals surface area contributed by atoms with Crippen LogP contribution in [0.4, 0.5) is 8.78 Å². The fourth-order valence-electron chi connectivity index (χ4n) is 1.12. The number of alkyl halides is 2. The van der Waals surface area contributed by atoms with Gasteiger partial charge in [0, 0.05) is 0 Å². The van der Waals surface area contributed by atoms with Crippen molar-refractivity contribution in [3.8, 4) is 0 Å². The van der Waals surface area contributed by atoms with Crippen molar-refractivity contribution < 1.29 is 19.0 Å². The lowest BCUT2D eigenvalue weighted by Crippen LogP contribution is -2.34. The molecule has 1 aromatic rings. The van der Waals surface area contributed by atoms with E-state index < -0.39 is 12.2 Å². The minimum atomic E-state index is -3.73. The Balaban J connectivity index is 2.42. The molecule has 0 aromatic heterocycles. The van der Waals surface area contributed by atoms with Crippen molar-refractivity contribution in [3.05, 3.63) is 35.9 Å². The van der Waals surface area contributed by atoms with Crippen LogP contribution in [0.2, 0.25) is 0 Å². The summed E-state index contributed by atoms with van der Waals surface area (Å²) in [6, 6.07) is 5.18. The molecule has 4 heteroatoms.